The highest BCUT2D eigenvalue weighted by Gasteiger charge is 2.51. The largest absolute Gasteiger partial charge is 0.494 e. The molecule has 2 N–H and O–H groups in total. The van der Waals surface area contributed by atoms with E-state index in [9.17, 15) is 4.79 Å². The van der Waals surface area contributed by atoms with Crippen molar-refractivity contribution in [3.8, 4) is 0 Å². The molecular formula is C17H22BNO4S. The molecule has 0 aliphatic carbocycles. The number of carboxylic acid groups (broad SMARTS) is 1. The fourth-order valence-electron chi connectivity index (χ4n) is 2.69. The Balaban J connectivity index is 1.85. The van der Waals surface area contributed by atoms with Gasteiger partial charge in [0.05, 0.1) is 11.2 Å². The smallest absolute Gasteiger partial charge is 0.477 e. The Morgan fingerprint density at radius 1 is 1.17 bits per heavy atom. The zero-order valence-corrected chi connectivity index (χ0v) is 15.4. The van der Waals surface area contributed by atoms with Gasteiger partial charge >= 0.3 is 13.1 Å². The summed E-state index contributed by atoms with van der Waals surface area (Å²) in [7, 11) is -0.433. The van der Waals surface area contributed by atoms with E-state index in [1.54, 1.807) is 6.20 Å². The summed E-state index contributed by atoms with van der Waals surface area (Å²) >= 11 is 1.29. The summed E-state index contributed by atoms with van der Waals surface area (Å²) in [6.07, 6.45) is 1.55. The lowest BCUT2D eigenvalue weighted by Gasteiger charge is -2.32. The minimum atomic E-state index is -0.918. The molecule has 24 heavy (non-hydrogen) atoms. The van der Waals surface area contributed by atoms with Crippen molar-refractivity contribution in [3.05, 3.63) is 40.9 Å². The summed E-state index contributed by atoms with van der Waals surface area (Å²) < 4.78 is 12.2. The minimum Gasteiger partial charge on any atom is -0.477 e. The average Bonchev–Trinajstić information content (AvgIpc) is 2.99. The van der Waals surface area contributed by atoms with Gasteiger partial charge in [-0.1, -0.05) is 36.0 Å². The minimum absolute atomic E-state index is 0.304. The Kier molecular flexibility index (Phi) is 4.02. The highest BCUT2D eigenvalue weighted by Crippen LogP contribution is 2.43. The van der Waals surface area contributed by atoms with Crippen molar-refractivity contribution in [2.24, 2.45) is 0 Å². The fraction of sp³-hybridized carbons (Fsp3) is 0.471. The molecule has 3 rings (SSSR count). The second-order valence-electron chi connectivity index (χ2n) is 7.31. The van der Waals surface area contributed by atoms with Crippen molar-refractivity contribution in [3.63, 3.8) is 0 Å². The average molecular weight is 347 g/mol. The lowest BCUT2D eigenvalue weighted by Crippen LogP contribution is -2.41. The third kappa shape index (κ3) is 2.85. The van der Waals surface area contributed by atoms with Crippen molar-refractivity contribution in [2.75, 3.05) is 0 Å². The van der Waals surface area contributed by atoms with Crippen LogP contribution in [0.4, 0.5) is 0 Å². The maximum absolute atomic E-state index is 11.2. The molecule has 2 aliphatic heterocycles. The summed E-state index contributed by atoms with van der Waals surface area (Å²) in [6, 6.07) is 7.91. The maximum atomic E-state index is 11.2. The van der Waals surface area contributed by atoms with Crippen LogP contribution in [0, 0.1) is 0 Å². The molecule has 5 nitrogen and oxygen atoms in total. The maximum Gasteiger partial charge on any atom is 0.494 e. The zero-order valence-electron chi connectivity index (χ0n) is 14.5. The summed E-state index contributed by atoms with van der Waals surface area (Å²) in [5, 5.41) is 12.3. The van der Waals surface area contributed by atoms with Crippen LogP contribution in [-0.4, -0.2) is 29.4 Å². The second kappa shape index (κ2) is 5.54. The van der Waals surface area contributed by atoms with E-state index in [-0.39, 0.29) is 0 Å². The van der Waals surface area contributed by atoms with Crippen LogP contribution in [0.15, 0.2) is 35.4 Å². The van der Waals surface area contributed by atoms with Crippen molar-refractivity contribution in [2.45, 2.75) is 50.7 Å². The van der Waals surface area contributed by atoms with E-state index in [0.717, 1.165) is 11.0 Å². The van der Waals surface area contributed by atoms with Gasteiger partial charge in [-0.05, 0) is 45.6 Å². The number of thioether (sulfide) groups is 1. The summed E-state index contributed by atoms with van der Waals surface area (Å²) in [5.74, 6) is -0.918. The number of carbonyl (C=O) groups is 1. The van der Waals surface area contributed by atoms with E-state index in [2.05, 4.69) is 5.32 Å². The molecule has 0 radical (unpaired) electrons. The molecule has 0 spiro atoms. The molecular weight excluding hydrogens is 325 g/mol. The third-order valence-corrected chi connectivity index (χ3v) is 6.24. The number of carboxylic acids is 1. The number of hydrogen-bond acceptors (Lipinski definition) is 5. The van der Waals surface area contributed by atoms with Gasteiger partial charge in [-0.15, -0.1) is 0 Å². The van der Waals surface area contributed by atoms with Crippen LogP contribution in [0.25, 0.3) is 0 Å². The molecule has 1 fully saturated rings. The van der Waals surface area contributed by atoms with Gasteiger partial charge in [-0.25, -0.2) is 4.79 Å². The van der Waals surface area contributed by atoms with Crippen LogP contribution in [0.5, 0.6) is 0 Å². The summed E-state index contributed by atoms with van der Waals surface area (Å²) in [4.78, 5) is 11.0. The molecule has 0 bridgehead atoms. The van der Waals surface area contributed by atoms with Crippen LogP contribution in [0.3, 0.4) is 0 Å². The van der Waals surface area contributed by atoms with E-state index in [4.69, 9.17) is 14.4 Å². The van der Waals surface area contributed by atoms with Crippen LogP contribution < -0.4 is 10.8 Å². The highest BCUT2D eigenvalue weighted by atomic mass is 32.2. The first-order valence-electron chi connectivity index (χ1n) is 7.90. The lowest BCUT2D eigenvalue weighted by atomic mass is 9.78. The standard InChI is InChI=1S/C17H22BNO4S/c1-15(2)16(3,4)23-18(22-15)12-8-6-7-11(9-12)17(5)19-10-13(24-17)14(20)21/h6-10,19H,1-5H3,(H,20,21). The number of rotatable bonds is 3. The molecule has 1 saturated heterocycles. The molecule has 0 amide bonds. The number of hydrogen-bond donors (Lipinski definition) is 2. The molecule has 1 aromatic carbocycles. The molecule has 2 heterocycles. The Morgan fingerprint density at radius 2 is 1.79 bits per heavy atom. The van der Waals surface area contributed by atoms with Crippen molar-refractivity contribution >= 4 is 30.3 Å². The molecule has 1 atom stereocenters. The number of aliphatic carboxylic acids is 1. The Hall–Kier alpha value is -1.44. The van der Waals surface area contributed by atoms with Gasteiger partial charge in [-0.2, -0.15) is 0 Å². The van der Waals surface area contributed by atoms with E-state index in [1.807, 2.05) is 58.9 Å². The molecule has 7 heteroatoms. The van der Waals surface area contributed by atoms with Crippen LogP contribution in [0.1, 0.15) is 40.2 Å². The van der Waals surface area contributed by atoms with Gasteiger partial charge in [0.2, 0.25) is 0 Å². The second-order valence-corrected chi connectivity index (χ2v) is 8.77. The topological polar surface area (TPSA) is 67.8 Å². The Morgan fingerprint density at radius 3 is 2.33 bits per heavy atom. The first kappa shape index (κ1) is 17.4. The molecule has 1 aromatic rings. The van der Waals surface area contributed by atoms with Gasteiger partial charge in [0.15, 0.2) is 0 Å². The van der Waals surface area contributed by atoms with Crippen molar-refractivity contribution < 1.29 is 19.2 Å². The van der Waals surface area contributed by atoms with Crippen molar-refractivity contribution in [1.82, 2.24) is 5.32 Å². The lowest BCUT2D eigenvalue weighted by molar-refractivity contribution is -0.131. The van der Waals surface area contributed by atoms with Gasteiger partial charge in [0, 0.05) is 6.20 Å². The third-order valence-electron chi connectivity index (χ3n) is 4.97. The first-order valence-corrected chi connectivity index (χ1v) is 8.72. The highest BCUT2D eigenvalue weighted by molar-refractivity contribution is 8.05. The molecule has 2 aliphatic rings. The van der Waals surface area contributed by atoms with Crippen LogP contribution in [-0.2, 0) is 19.0 Å². The van der Waals surface area contributed by atoms with Gasteiger partial charge in [-0.3, -0.25) is 0 Å². The van der Waals surface area contributed by atoms with Gasteiger partial charge in [0.1, 0.15) is 9.78 Å². The van der Waals surface area contributed by atoms with E-state index in [1.165, 1.54) is 11.8 Å². The van der Waals surface area contributed by atoms with Crippen molar-refractivity contribution in [1.29, 1.82) is 0 Å². The first-order chi connectivity index (χ1) is 11.0. The van der Waals surface area contributed by atoms with E-state index in [0.29, 0.717) is 4.91 Å². The van der Waals surface area contributed by atoms with E-state index >= 15 is 0 Å². The Bertz CT molecular complexity index is 702. The quantitative estimate of drug-likeness (QED) is 0.819. The van der Waals surface area contributed by atoms with Gasteiger partial charge < -0.3 is 19.7 Å². The normalized spacial score (nSPS) is 27.7. The van der Waals surface area contributed by atoms with Gasteiger partial charge in [0.25, 0.3) is 0 Å². The Labute approximate surface area is 146 Å². The van der Waals surface area contributed by atoms with Crippen LogP contribution in [0.2, 0.25) is 0 Å². The fourth-order valence-corrected chi connectivity index (χ4v) is 3.70. The molecule has 128 valence electrons. The van der Waals surface area contributed by atoms with Crippen LogP contribution >= 0.6 is 11.8 Å². The molecule has 0 saturated carbocycles. The summed E-state index contributed by atoms with van der Waals surface area (Å²) in [6.45, 7) is 10.1. The predicted octanol–water partition coefficient (Wildman–Crippen LogP) is 2.42. The zero-order chi connectivity index (χ0) is 17.8. The molecule has 0 aromatic heterocycles. The monoisotopic (exact) mass is 347 g/mol. The number of benzene rings is 1. The summed E-state index contributed by atoms with van der Waals surface area (Å²) in [5.41, 5.74) is 1.12. The number of nitrogens with one attached hydrogen (secondary N) is 1. The van der Waals surface area contributed by atoms with E-state index < -0.39 is 29.2 Å². The predicted molar refractivity (Wildman–Crippen MR) is 96.0 cm³/mol. The molecule has 1 unspecified atom stereocenters. The SMILES string of the molecule is CC1(c2cccc(B3OC(C)(C)C(C)(C)O3)c2)NC=C(C(=O)O)S1.